The predicted octanol–water partition coefficient (Wildman–Crippen LogP) is 4.01. The zero-order chi connectivity index (χ0) is 22.5. The van der Waals surface area contributed by atoms with Crippen LogP contribution in [0, 0.1) is 25.2 Å². The summed E-state index contributed by atoms with van der Waals surface area (Å²) < 4.78 is 5.73. The van der Waals surface area contributed by atoms with Crippen molar-refractivity contribution in [2.75, 3.05) is 4.90 Å². The van der Waals surface area contributed by atoms with Crippen molar-refractivity contribution in [2.45, 2.75) is 57.9 Å². The van der Waals surface area contributed by atoms with Gasteiger partial charge in [-0.25, -0.2) is 0 Å². The monoisotopic (exact) mass is 415 g/mol. The Kier molecular flexibility index (Phi) is 3.66. The van der Waals surface area contributed by atoms with E-state index >= 15 is 0 Å². The molecule has 2 aromatic carbocycles. The number of carbonyl (C=O) groups excluding carboxylic acids is 1. The van der Waals surface area contributed by atoms with Crippen LogP contribution in [0.1, 0.15) is 60.9 Å². The van der Waals surface area contributed by atoms with E-state index in [0.717, 1.165) is 34.4 Å². The lowest BCUT2D eigenvalue weighted by atomic mass is 9.66. The predicted molar refractivity (Wildman–Crippen MR) is 117 cm³/mol. The minimum absolute atomic E-state index is 0.00422. The van der Waals surface area contributed by atoms with E-state index in [-0.39, 0.29) is 29.0 Å². The van der Waals surface area contributed by atoms with Gasteiger partial charge in [0.25, 0.3) is 0 Å². The number of nitrogens with zero attached hydrogens (tertiary/aromatic N) is 2. The number of carbonyl (C=O) groups is 1. The number of hydrogen-bond acceptors (Lipinski definition) is 5. The van der Waals surface area contributed by atoms with E-state index in [4.69, 9.17) is 10.5 Å². The van der Waals surface area contributed by atoms with Gasteiger partial charge in [-0.1, -0.05) is 13.0 Å². The number of aromatic hydroxyl groups is 1. The maximum atomic E-state index is 14.5. The molecule has 0 aliphatic carbocycles. The molecule has 158 valence electrons. The summed E-state index contributed by atoms with van der Waals surface area (Å²) in [6.07, 6.45) is 0.809. The molecular formula is C25H25N3O3. The van der Waals surface area contributed by atoms with Gasteiger partial charge in [-0.15, -0.1) is 0 Å². The number of benzene rings is 2. The average molecular weight is 415 g/mol. The van der Waals surface area contributed by atoms with Crippen LogP contribution in [0.4, 0.5) is 5.69 Å². The number of aryl methyl sites for hydroxylation is 1. The Hall–Kier alpha value is -3.46. The van der Waals surface area contributed by atoms with Crippen molar-refractivity contribution in [1.82, 2.24) is 0 Å². The van der Waals surface area contributed by atoms with Crippen LogP contribution in [-0.2, 0) is 10.2 Å². The van der Waals surface area contributed by atoms with Gasteiger partial charge < -0.3 is 20.5 Å². The van der Waals surface area contributed by atoms with E-state index in [2.05, 4.69) is 32.9 Å². The fraction of sp³-hybridized carbons (Fsp3) is 0.360. The Labute approximate surface area is 181 Å². The number of ether oxygens (including phenoxy) is 1. The third-order valence-corrected chi connectivity index (χ3v) is 7.24. The summed E-state index contributed by atoms with van der Waals surface area (Å²) in [6, 6.07) is 9.02. The van der Waals surface area contributed by atoms with E-state index in [1.165, 1.54) is 12.1 Å². The lowest BCUT2D eigenvalue weighted by Crippen LogP contribution is -2.54. The second-order valence-corrected chi connectivity index (χ2v) is 9.57. The number of phenols is 1. The summed E-state index contributed by atoms with van der Waals surface area (Å²) in [4.78, 5) is 16.3. The van der Waals surface area contributed by atoms with E-state index in [0.29, 0.717) is 11.3 Å². The van der Waals surface area contributed by atoms with Crippen molar-refractivity contribution in [3.8, 4) is 17.6 Å². The molecule has 1 amide bonds. The molecule has 6 nitrogen and oxygen atoms in total. The lowest BCUT2D eigenvalue weighted by Gasteiger charge is -2.44. The number of rotatable bonds is 0. The van der Waals surface area contributed by atoms with Crippen molar-refractivity contribution in [1.29, 1.82) is 5.26 Å². The quantitative estimate of drug-likeness (QED) is 0.677. The molecule has 0 bridgehead atoms. The van der Waals surface area contributed by atoms with Crippen molar-refractivity contribution in [2.24, 2.45) is 5.73 Å². The van der Waals surface area contributed by atoms with Gasteiger partial charge in [0, 0.05) is 22.7 Å². The molecule has 0 aromatic heterocycles. The van der Waals surface area contributed by atoms with E-state index in [9.17, 15) is 15.2 Å². The van der Waals surface area contributed by atoms with Crippen molar-refractivity contribution >= 4 is 11.6 Å². The molecule has 0 unspecified atom stereocenters. The SMILES string of the molecule is Cc1cc2c3c(c1C)[C@@]1(C(=O)N3C(C)(C)C[C@H]2C)C(C#N)=C(N)Oc2cc(O)ccc21. The molecule has 1 spiro atoms. The van der Waals surface area contributed by atoms with Crippen LogP contribution in [0.3, 0.4) is 0 Å². The fourth-order valence-corrected chi connectivity index (χ4v) is 5.92. The van der Waals surface area contributed by atoms with Gasteiger partial charge in [0.15, 0.2) is 0 Å². The number of nitriles is 1. The normalized spacial score (nSPS) is 25.2. The van der Waals surface area contributed by atoms with Crippen LogP contribution in [0.2, 0.25) is 0 Å². The molecular weight excluding hydrogens is 390 g/mol. The summed E-state index contributed by atoms with van der Waals surface area (Å²) in [5.74, 6) is 0.265. The lowest BCUT2D eigenvalue weighted by molar-refractivity contribution is -0.122. The number of nitrogens with two attached hydrogens (primary N) is 1. The molecule has 3 aliphatic rings. The smallest absolute Gasteiger partial charge is 0.248 e. The molecule has 3 heterocycles. The first-order valence-corrected chi connectivity index (χ1v) is 10.5. The topological polar surface area (TPSA) is 99.6 Å². The molecule has 6 heteroatoms. The fourth-order valence-electron chi connectivity index (χ4n) is 5.92. The molecule has 3 N–H and O–H groups in total. The highest BCUT2D eigenvalue weighted by atomic mass is 16.5. The number of amides is 1. The number of anilines is 1. The molecule has 5 rings (SSSR count). The summed E-state index contributed by atoms with van der Waals surface area (Å²) in [5, 5.41) is 20.3. The maximum absolute atomic E-state index is 14.5. The molecule has 2 aromatic rings. The standard InChI is InChI=1S/C25H25N3O3/c1-12-8-16-13(2)10-24(4,5)28-21(16)20(14(12)3)25(23(28)30)17-7-6-15(29)9-19(17)31-22(27)18(25)11-26/h6-9,13,29H,10,27H2,1-5H3/t13-,25+/m1/s1. The highest BCUT2D eigenvalue weighted by Crippen LogP contribution is 2.62. The van der Waals surface area contributed by atoms with Crippen molar-refractivity contribution in [3.63, 3.8) is 0 Å². The van der Waals surface area contributed by atoms with Gasteiger partial charge in [0.05, 0.1) is 5.69 Å². The molecule has 0 fully saturated rings. The van der Waals surface area contributed by atoms with Crippen molar-refractivity contribution in [3.05, 3.63) is 63.5 Å². The largest absolute Gasteiger partial charge is 0.508 e. The number of phenolic OH excluding ortho intramolecular Hbond substituents is 1. The van der Waals surface area contributed by atoms with Crippen LogP contribution in [0.25, 0.3) is 0 Å². The Morgan fingerprint density at radius 3 is 2.68 bits per heavy atom. The first-order chi connectivity index (χ1) is 14.6. The number of hydrogen-bond donors (Lipinski definition) is 2. The minimum atomic E-state index is -1.40. The maximum Gasteiger partial charge on any atom is 0.248 e. The summed E-state index contributed by atoms with van der Waals surface area (Å²) in [5.41, 5.74) is 9.87. The van der Waals surface area contributed by atoms with Crippen molar-refractivity contribution < 1.29 is 14.6 Å². The molecule has 0 saturated heterocycles. The van der Waals surface area contributed by atoms with Gasteiger partial charge in [0.2, 0.25) is 11.8 Å². The van der Waals surface area contributed by atoms with E-state index in [1.54, 1.807) is 6.07 Å². The van der Waals surface area contributed by atoms with Gasteiger partial charge >= 0.3 is 0 Å². The van der Waals surface area contributed by atoms with Crippen LogP contribution in [-0.4, -0.2) is 16.6 Å². The van der Waals surface area contributed by atoms with Crippen LogP contribution in [0.5, 0.6) is 11.5 Å². The first kappa shape index (κ1) is 19.5. The van der Waals surface area contributed by atoms with Crippen LogP contribution >= 0.6 is 0 Å². The van der Waals surface area contributed by atoms with Gasteiger partial charge in [-0.2, -0.15) is 5.26 Å². The second-order valence-electron chi connectivity index (χ2n) is 9.57. The zero-order valence-corrected chi connectivity index (χ0v) is 18.3. The molecule has 31 heavy (non-hydrogen) atoms. The molecule has 2 atom stereocenters. The highest BCUT2D eigenvalue weighted by Gasteiger charge is 2.63. The molecule has 0 radical (unpaired) electrons. The van der Waals surface area contributed by atoms with E-state index < -0.39 is 11.0 Å². The summed E-state index contributed by atoms with van der Waals surface area (Å²) >= 11 is 0. The third-order valence-electron chi connectivity index (χ3n) is 7.24. The minimum Gasteiger partial charge on any atom is -0.508 e. The Morgan fingerprint density at radius 1 is 1.29 bits per heavy atom. The third kappa shape index (κ3) is 2.13. The first-order valence-electron chi connectivity index (χ1n) is 10.5. The van der Waals surface area contributed by atoms with Gasteiger partial charge in [-0.05, 0) is 68.9 Å². The molecule has 0 saturated carbocycles. The molecule has 3 aliphatic heterocycles. The Morgan fingerprint density at radius 2 is 2.00 bits per heavy atom. The highest BCUT2D eigenvalue weighted by molar-refractivity contribution is 6.16. The Bertz CT molecular complexity index is 1270. The van der Waals surface area contributed by atoms with E-state index in [1.807, 2.05) is 18.7 Å². The number of fused-ring (bicyclic) bond motifs is 3. The van der Waals surface area contributed by atoms with Gasteiger partial charge in [-0.3, -0.25) is 4.79 Å². The van der Waals surface area contributed by atoms with Crippen LogP contribution < -0.4 is 15.4 Å². The summed E-state index contributed by atoms with van der Waals surface area (Å²) in [6.45, 7) is 10.4. The van der Waals surface area contributed by atoms with Gasteiger partial charge in [0.1, 0.15) is 28.6 Å². The Balaban J connectivity index is 2.02. The summed E-state index contributed by atoms with van der Waals surface area (Å²) in [7, 11) is 0. The average Bonchev–Trinajstić information content (AvgIpc) is 2.94. The second kappa shape index (κ2) is 5.82. The van der Waals surface area contributed by atoms with Crippen LogP contribution in [0.15, 0.2) is 35.7 Å². The zero-order valence-electron chi connectivity index (χ0n) is 18.3.